The van der Waals surface area contributed by atoms with Crippen LogP contribution < -0.4 is 26.0 Å². The number of nitrogens with zero attached hydrogens (tertiary/aromatic N) is 11. The van der Waals surface area contributed by atoms with Crippen LogP contribution in [0.2, 0.25) is 0 Å². The van der Waals surface area contributed by atoms with Crippen LogP contribution in [-0.2, 0) is 27.8 Å². The molecule has 6 aromatic rings. The Morgan fingerprint density at radius 3 is 2.58 bits per heavy atom. The number of benzene rings is 1. The third-order valence-corrected chi connectivity index (χ3v) is 20.3. The highest BCUT2D eigenvalue weighted by atomic mass is 32.1. The number of hydrogen-bond acceptors (Lipinski definition) is 18. The number of β-amino-alcohol motifs (C(OH)–C–C–N with tert-alkyl or cyclic N) is 1. The smallest absolute Gasteiger partial charge is 0.248 e. The maximum atomic E-state index is 14.7. The molecule has 12 rings (SSSR count). The number of carbonyl (C=O) groups is 2. The minimum Gasteiger partial charge on any atom is -0.477 e. The Bertz CT molecular complexity index is 3300. The number of likely N-dealkylation sites (tertiary alicyclic amines) is 2. The van der Waals surface area contributed by atoms with Crippen LogP contribution in [0.4, 0.5) is 10.8 Å². The molecule has 5 aromatic heterocycles. The van der Waals surface area contributed by atoms with Gasteiger partial charge in [-0.3, -0.25) is 9.59 Å². The lowest BCUT2D eigenvalue weighted by Gasteiger charge is -2.39. The van der Waals surface area contributed by atoms with Crippen LogP contribution in [0.15, 0.2) is 46.6 Å². The Balaban J connectivity index is 0.696. The van der Waals surface area contributed by atoms with Crippen molar-refractivity contribution in [3.63, 3.8) is 0 Å². The topological polar surface area (TPSA) is 243 Å². The summed E-state index contributed by atoms with van der Waals surface area (Å²) in [5, 5.41) is 42.5. The number of nitrogens with one attached hydrogen (secondary N) is 2. The molecule has 1 aromatic carbocycles. The largest absolute Gasteiger partial charge is 0.477 e. The summed E-state index contributed by atoms with van der Waals surface area (Å²) in [7, 11) is 2.09. The number of ether oxygens (including phenoxy) is 1. The van der Waals surface area contributed by atoms with Gasteiger partial charge in [0.1, 0.15) is 29.0 Å². The van der Waals surface area contributed by atoms with E-state index in [0.29, 0.717) is 34.6 Å². The second-order valence-electron chi connectivity index (χ2n) is 24.8. The molecule has 8 heterocycles. The monoisotopic (exact) mass is 1120 g/mol. The van der Waals surface area contributed by atoms with Gasteiger partial charge >= 0.3 is 0 Å². The molecule has 19 nitrogen and oxygen atoms in total. The lowest BCUT2D eigenvalue weighted by Crippen LogP contribution is -2.50. The van der Waals surface area contributed by atoms with Gasteiger partial charge in [0.25, 0.3) is 0 Å². The molecule has 21 heteroatoms. The first-order valence-corrected chi connectivity index (χ1v) is 30.4. The Kier molecular flexibility index (Phi) is 14.6. The average molecular weight is 1120 g/mol. The molecular weight excluding hydrogens is 1050 g/mol. The number of aromatic nitrogens is 7. The molecular formula is C59H74N14O5S2. The van der Waals surface area contributed by atoms with Gasteiger partial charge in [0.05, 0.1) is 51.5 Å². The summed E-state index contributed by atoms with van der Waals surface area (Å²) in [6.45, 7) is 15.1. The Labute approximate surface area is 475 Å². The molecule has 6 atom stereocenters. The molecule has 6 aliphatic rings. The van der Waals surface area contributed by atoms with Gasteiger partial charge in [-0.15, -0.1) is 27.8 Å². The van der Waals surface area contributed by atoms with E-state index in [1.807, 2.05) is 76.7 Å². The third kappa shape index (κ3) is 10.3. The first-order valence-electron chi connectivity index (χ1n) is 28.7. The third-order valence-electron chi connectivity index (χ3n) is 18.2. The number of likely N-dealkylation sites (N-methyl/N-ethyl adjacent to an activating group) is 1. The van der Waals surface area contributed by atoms with Crippen LogP contribution in [0.1, 0.15) is 154 Å². The van der Waals surface area contributed by atoms with Gasteiger partial charge in [-0.2, -0.15) is 10.2 Å². The minimum atomic E-state index is -0.828. The van der Waals surface area contributed by atoms with Crippen molar-refractivity contribution < 1.29 is 24.0 Å². The minimum absolute atomic E-state index is 0.00484. The SMILES string of the molecule is Cc1ncsc1-c1ccc([C@H](C)NC(=O)[C@@H]2C[C@@H](O)CN2C(=O)[C@@H](n2cc(C3CCN(CC4(COc5cc(N(C)[C@@H]6CCNC6)nc(-c6noc7c6CCC[C@@]76CCCc7sc(N)c(C#N)c76)n5)CC4)CC3)nn2)C(C)(C)C)cc1. The summed E-state index contributed by atoms with van der Waals surface area (Å²) in [5.41, 5.74) is 14.4. The summed E-state index contributed by atoms with van der Waals surface area (Å²) in [4.78, 5) is 52.0. The van der Waals surface area contributed by atoms with Gasteiger partial charge in [-0.05, 0) is 126 Å². The van der Waals surface area contributed by atoms with E-state index in [4.69, 9.17) is 30.1 Å². The highest BCUT2D eigenvalue weighted by Crippen LogP contribution is 2.55. The fourth-order valence-corrected chi connectivity index (χ4v) is 15.6. The van der Waals surface area contributed by atoms with E-state index >= 15 is 0 Å². The van der Waals surface area contributed by atoms with E-state index < -0.39 is 29.0 Å². The summed E-state index contributed by atoms with van der Waals surface area (Å²) < 4.78 is 14.8. The zero-order valence-electron chi connectivity index (χ0n) is 46.8. The normalized spacial score (nSPS) is 23.6. The summed E-state index contributed by atoms with van der Waals surface area (Å²) in [6, 6.07) is 10.9. The molecule has 1 saturated carbocycles. The molecule has 0 bridgehead atoms. The number of hydrogen-bond donors (Lipinski definition) is 4. The van der Waals surface area contributed by atoms with Crippen LogP contribution in [0.5, 0.6) is 5.88 Å². The van der Waals surface area contributed by atoms with Crippen LogP contribution in [-0.4, -0.2) is 133 Å². The number of thiophene rings is 1. The number of amides is 2. The quantitative estimate of drug-likeness (QED) is 0.0764. The van der Waals surface area contributed by atoms with Crippen molar-refractivity contribution in [2.24, 2.45) is 10.8 Å². The summed E-state index contributed by atoms with van der Waals surface area (Å²) in [6.07, 6.45) is 11.6. The van der Waals surface area contributed by atoms with Gasteiger partial charge in [0.15, 0.2) is 17.3 Å². The number of aliphatic hydroxyl groups excluding tert-OH is 1. The van der Waals surface area contributed by atoms with Gasteiger partial charge in [-0.1, -0.05) is 55.4 Å². The van der Waals surface area contributed by atoms with Crippen LogP contribution in [0, 0.1) is 29.1 Å². The first-order chi connectivity index (χ1) is 38.5. The molecule has 4 fully saturated rings. The molecule has 2 amide bonds. The van der Waals surface area contributed by atoms with Crippen LogP contribution in [0.3, 0.4) is 0 Å². The molecule has 5 N–H and O–H groups in total. The number of thiazole rings is 1. The fraction of sp³-hybridized carbons (Fsp3) is 0.576. The first kappa shape index (κ1) is 54.3. The maximum absolute atomic E-state index is 14.7. The number of nitrogens with two attached hydrogens (primary N) is 1. The number of fused-ring (bicyclic) bond motifs is 4. The number of rotatable bonds is 15. The number of nitrogen functional groups attached to an aromatic ring is 1. The van der Waals surface area contributed by atoms with E-state index in [2.05, 4.69) is 48.8 Å². The van der Waals surface area contributed by atoms with E-state index in [1.54, 1.807) is 32.3 Å². The summed E-state index contributed by atoms with van der Waals surface area (Å²) >= 11 is 3.14. The van der Waals surface area contributed by atoms with Gasteiger partial charge < -0.3 is 45.4 Å². The van der Waals surface area contributed by atoms with Crippen molar-refractivity contribution in [2.75, 3.05) is 63.6 Å². The molecule has 0 radical (unpaired) electrons. The van der Waals surface area contributed by atoms with Crippen molar-refractivity contribution in [3.8, 4) is 33.9 Å². The number of anilines is 2. The zero-order chi connectivity index (χ0) is 55.7. The van der Waals surface area contributed by atoms with E-state index in [-0.39, 0.29) is 48.2 Å². The van der Waals surface area contributed by atoms with Crippen molar-refractivity contribution in [3.05, 3.63) is 86.3 Å². The van der Waals surface area contributed by atoms with Crippen molar-refractivity contribution in [1.29, 1.82) is 5.26 Å². The predicted molar refractivity (Wildman–Crippen MR) is 306 cm³/mol. The zero-order valence-corrected chi connectivity index (χ0v) is 48.5. The Morgan fingerprint density at radius 2 is 1.88 bits per heavy atom. The standard InChI is InChI=1S/C59H74N14O5S2/c1-34(36-11-13-38(14-12-36)50-35(2)63-33-79-50)64-55(75)44-25-40(74)29-72(44)56(76)51(57(3,4)5)73-30-43(67-69-73)37-16-23-71(24-17-37)31-58(20-21-58)32-77-47-26-46(70(6)39-15-22-62-28-39)65-54(66-47)49-41-9-7-18-59(52(41)78-68-49)19-8-10-45-48(59)42(27-60)53(61)80-45/h11-14,26,30,33-34,37,39-40,44,51,62,74H,7-10,15-25,28-29,31-32,61H2,1-6H3,(H,64,75)/t34-,39+,40+,44-,51+,59-/m0/s1. The number of aryl methyl sites for hydroxylation is 2. The predicted octanol–water partition coefficient (Wildman–Crippen LogP) is 7.89. The van der Waals surface area contributed by atoms with Gasteiger partial charge in [-0.25, -0.2) is 14.6 Å². The van der Waals surface area contributed by atoms with Crippen molar-refractivity contribution in [2.45, 2.75) is 153 Å². The van der Waals surface area contributed by atoms with E-state index in [1.165, 1.54) is 4.88 Å². The number of nitriles is 1. The molecule has 1 spiro atoms. The molecule has 3 aliphatic heterocycles. The second kappa shape index (κ2) is 21.5. The highest BCUT2D eigenvalue weighted by molar-refractivity contribution is 7.16. The fourth-order valence-electron chi connectivity index (χ4n) is 13.6. The number of piperidine rings is 1. The summed E-state index contributed by atoms with van der Waals surface area (Å²) in [5.74, 6) is 2.26. The molecule has 422 valence electrons. The molecule has 0 unspecified atom stereocenters. The number of aliphatic hydroxyl groups is 1. The van der Waals surface area contributed by atoms with Crippen molar-refractivity contribution >= 4 is 45.3 Å². The maximum Gasteiger partial charge on any atom is 0.248 e. The van der Waals surface area contributed by atoms with Crippen LogP contribution >= 0.6 is 22.7 Å². The second-order valence-corrected chi connectivity index (χ2v) is 26.8. The van der Waals surface area contributed by atoms with E-state index in [9.17, 15) is 20.0 Å². The number of carbonyl (C=O) groups excluding carboxylic acids is 2. The lowest BCUT2D eigenvalue weighted by molar-refractivity contribution is -0.144. The molecule has 3 saturated heterocycles. The van der Waals surface area contributed by atoms with E-state index in [0.717, 1.165) is 153 Å². The van der Waals surface area contributed by atoms with Crippen LogP contribution in [0.25, 0.3) is 22.0 Å². The lowest BCUT2D eigenvalue weighted by atomic mass is 9.63. The van der Waals surface area contributed by atoms with Gasteiger partial charge in [0, 0.05) is 73.2 Å². The van der Waals surface area contributed by atoms with Gasteiger partial charge in [0.2, 0.25) is 17.7 Å². The molecule has 80 heavy (non-hydrogen) atoms. The average Bonchev–Trinajstić information content (AvgIpc) is 4.32. The highest BCUT2D eigenvalue weighted by Gasteiger charge is 2.50. The molecule has 3 aliphatic carbocycles. The Hall–Kier alpha value is -6.31. The Morgan fingerprint density at radius 1 is 1.10 bits per heavy atom. The van der Waals surface area contributed by atoms with Crippen molar-refractivity contribution in [1.82, 2.24) is 55.5 Å².